The molecule has 0 aliphatic carbocycles. The third-order valence-corrected chi connectivity index (χ3v) is 1.97. The summed E-state index contributed by atoms with van der Waals surface area (Å²) in [6.07, 6.45) is 2.04. The number of carbonyl (C=O) groups is 1. The summed E-state index contributed by atoms with van der Waals surface area (Å²) in [7, 11) is 0. The van der Waals surface area contributed by atoms with Gasteiger partial charge in [0.25, 0.3) is 0 Å². The second-order valence-corrected chi connectivity index (χ2v) is 3.15. The second kappa shape index (κ2) is 5.27. The molecule has 0 aromatic heterocycles. The molecule has 1 aromatic rings. The van der Waals surface area contributed by atoms with Crippen LogP contribution in [0.1, 0.15) is 18.9 Å². The van der Waals surface area contributed by atoms with Crippen LogP contribution in [0.5, 0.6) is 0 Å². The van der Waals surface area contributed by atoms with E-state index in [1.807, 2.05) is 24.3 Å². The number of carboxylic acids is 1. The minimum Gasteiger partial charge on any atom is -0.480 e. The molecule has 0 spiro atoms. The van der Waals surface area contributed by atoms with E-state index < -0.39 is 5.97 Å². The third kappa shape index (κ3) is 3.09. The van der Waals surface area contributed by atoms with Crippen LogP contribution < -0.4 is 5.32 Å². The van der Waals surface area contributed by atoms with Crippen molar-refractivity contribution in [2.45, 2.75) is 19.8 Å². The van der Waals surface area contributed by atoms with E-state index in [-0.39, 0.29) is 6.54 Å². The Morgan fingerprint density at radius 1 is 1.43 bits per heavy atom. The zero-order valence-electron chi connectivity index (χ0n) is 8.29. The molecule has 0 radical (unpaired) electrons. The van der Waals surface area contributed by atoms with Gasteiger partial charge in [-0.1, -0.05) is 31.5 Å². The van der Waals surface area contributed by atoms with Gasteiger partial charge in [-0.25, -0.2) is 0 Å². The van der Waals surface area contributed by atoms with Gasteiger partial charge in [-0.05, 0) is 18.1 Å². The molecular formula is C11H15NO2. The van der Waals surface area contributed by atoms with Gasteiger partial charge >= 0.3 is 5.97 Å². The number of anilines is 1. The van der Waals surface area contributed by atoms with Crippen LogP contribution in [0.25, 0.3) is 0 Å². The quantitative estimate of drug-likeness (QED) is 0.753. The summed E-state index contributed by atoms with van der Waals surface area (Å²) in [5, 5.41) is 11.4. The third-order valence-electron chi connectivity index (χ3n) is 1.97. The molecule has 3 nitrogen and oxygen atoms in total. The highest BCUT2D eigenvalue weighted by Gasteiger charge is 2.01. The number of para-hydroxylation sites is 1. The molecule has 76 valence electrons. The van der Waals surface area contributed by atoms with Gasteiger partial charge in [0, 0.05) is 5.69 Å². The fourth-order valence-corrected chi connectivity index (χ4v) is 1.35. The first kappa shape index (κ1) is 10.6. The van der Waals surface area contributed by atoms with Crippen molar-refractivity contribution in [3.63, 3.8) is 0 Å². The van der Waals surface area contributed by atoms with Crippen LogP contribution in [0.15, 0.2) is 24.3 Å². The monoisotopic (exact) mass is 193 g/mol. The van der Waals surface area contributed by atoms with Gasteiger partial charge in [0.05, 0.1) is 0 Å². The Morgan fingerprint density at radius 3 is 2.79 bits per heavy atom. The van der Waals surface area contributed by atoms with Crippen molar-refractivity contribution in [2.24, 2.45) is 0 Å². The van der Waals surface area contributed by atoms with E-state index in [0.717, 1.165) is 18.5 Å². The highest BCUT2D eigenvalue weighted by molar-refractivity contribution is 5.73. The van der Waals surface area contributed by atoms with Gasteiger partial charge in [0.1, 0.15) is 6.54 Å². The Labute approximate surface area is 83.8 Å². The molecule has 2 N–H and O–H groups in total. The van der Waals surface area contributed by atoms with Crippen LogP contribution in [0.2, 0.25) is 0 Å². The number of aryl methyl sites for hydroxylation is 1. The molecule has 1 aromatic carbocycles. The summed E-state index contributed by atoms with van der Waals surface area (Å²) in [5.41, 5.74) is 2.10. The number of rotatable bonds is 5. The summed E-state index contributed by atoms with van der Waals surface area (Å²) in [4.78, 5) is 10.4. The molecular weight excluding hydrogens is 178 g/mol. The molecule has 0 atom stereocenters. The molecule has 0 saturated heterocycles. The van der Waals surface area contributed by atoms with Crippen molar-refractivity contribution in [2.75, 3.05) is 11.9 Å². The molecule has 0 aliphatic heterocycles. The van der Waals surface area contributed by atoms with Gasteiger partial charge in [0.2, 0.25) is 0 Å². The fraction of sp³-hybridized carbons (Fsp3) is 0.364. The van der Waals surface area contributed by atoms with E-state index in [0.29, 0.717) is 0 Å². The van der Waals surface area contributed by atoms with Gasteiger partial charge in [0.15, 0.2) is 0 Å². The van der Waals surface area contributed by atoms with E-state index in [2.05, 4.69) is 12.2 Å². The lowest BCUT2D eigenvalue weighted by atomic mass is 10.1. The minimum atomic E-state index is -0.837. The molecule has 0 saturated carbocycles. The van der Waals surface area contributed by atoms with E-state index in [1.165, 1.54) is 5.56 Å². The summed E-state index contributed by atoms with van der Waals surface area (Å²) in [6, 6.07) is 7.81. The maximum atomic E-state index is 10.4. The summed E-state index contributed by atoms with van der Waals surface area (Å²) < 4.78 is 0. The Balaban J connectivity index is 2.68. The lowest BCUT2D eigenvalue weighted by molar-refractivity contribution is -0.134. The fourth-order valence-electron chi connectivity index (χ4n) is 1.35. The molecule has 3 heteroatoms. The number of aliphatic carboxylic acids is 1. The predicted molar refractivity (Wildman–Crippen MR) is 56.6 cm³/mol. The average molecular weight is 193 g/mol. The standard InChI is InChI=1S/C11H15NO2/c1-2-5-9-6-3-4-7-10(9)12-8-11(13)14/h3-4,6-7,12H,2,5,8H2,1H3,(H,13,14). The normalized spacial score (nSPS) is 9.79. The SMILES string of the molecule is CCCc1ccccc1NCC(=O)O. The highest BCUT2D eigenvalue weighted by Crippen LogP contribution is 2.16. The summed E-state index contributed by atoms with van der Waals surface area (Å²) in [5.74, 6) is -0.837. The zero-order chi connectivity index (χ0) is 10.4. The Kier molecular flexibility index (Phi) is 3.98. The van der Waals surface area contributed by atoms with Crippen molar-refractivity contribution < 1.29 is 9.90 Å². The van der Waals surface area contributed by atoms with Crippen LogP contribution in [0.4, 0.5) is 5.69 Å². The molecule has 0 aliphatic rings. The zero-order valence-corrected chi connectivity index (χ0v) is 8.29. The number of hydrogen-bond donors (Lipinski definition) is 2. The minimum absolute atomic E-state index is 0.0271. The summed E-state index contributed by atoms with van der Waals surface area (Å²) >= 11 is 0. The number of nitrogens with one attached hydrogen (secondary N) is 1. The lowest BCUT2D eigenvalue weighted by Crippen LogP contribution is -2.13. The van der Waals surface area contributed by atoms with Crippen LogP contribution >= 0.6 is 0 Å². The first-order valence-corrected chi connectivity index (χ1v) is 4.77. The molecule has 0 unspecified atom stereocenters. The van der Waals surface area contributed by atoms with E-state index in [4.69, 9.17) is 5.11 Å². The van der Waals surface area contributed by atoms with Crippen molar-refractivity contribution in [3.8, 4) is 0 Å². The molecule has 1 rings (SSSR count). The molecule has 0 bridgehead atoms. The van der Waals surface area contributed by atoms with Crippen LogP contribution in [-0.4, -0.2) is 17.6 Å². The van der Waals surface area contributed by atoms with Gasteiger partial charge in [-0.2, -0.15) is 0 Å². The number of hydrogen-bond acceptors (Lipinski definition) is 2. The van der Waals surface area contributed by atoms with Gasteiger partial charge < -0.3 is 10.4 Å². The molecule has 0 fully saturated rings. The first-order valence-electron chi connectivity index (χ1n) is 4.77. The second-order valence-electron chi connectivity index (χ2n) is 3.15. The number of carboxylic acid groups (broad SMARTS) is 1. The predicted octanol–water partition coefficient (Wildman–Crippen LogP) is 2.14. The lowest BCUT2D eigenvalue weighted by Gasteiger charge is -2.09. The first-order chi connectivity index (χ1) is 6.74. The van der Waals surface area contributed by atoms with E-state index in [1.54, 1.807) is 0 Å². The van der Waals surface area contributed by atoms with Crippen molar-refractivity contribution in [1.82, 2.24) is 0 Å². The van der Waals surface area contributed by atoms with Gasteiger partial charge in [-0.3, -0.25) is 4.79 Å². The van der Waals surface area contributed by atoms with Crippen molar-refractivity contribution >= 4 is 11.7 Å². The molecule has 14 heavy (non-hydrogen) atoms. The van der Waals surface area contributed by atoms with Crippen molar-refractivity contribution in [1.29, 1.82) is 0 Å². The van der Waals surface area contributed by atoms with Crippen LogP contribution in [0, 0.1) is 0 Å². The average Bonchev–Trinajstić information content (AvgIpc) is 2.17. The Bertz CT molecular complexity index is 310. The topological polar surface area (TPSA) is 49.3 Å². The largest absolute Gasteiger partial charge is 0.480 e. The van der Waals surface area contributed by atoms with Crippen LogP contribution in [0.3, 0.4) is 0 Å². The van der Waals surface area contributed by atoms with Gasteiger partial charge in [-0.15, -0.1) is 0 Å². The highest BCUT2D eigenvalue weighted by atomic mass is 16.4. The van der Waals surface area contributed by atoms with Crippen LogP contribution in [-0.2, 0) is 11.2 Å². The van der Waals surface area contributed by atoms with E-state index in [9.17, 15) is 4.79 Å². The number of benzene rings is 1. The van der Waals surface area contributed by atoms with E-state index >= 15 is 0 Å². The Morgan fingerprint density at radius 2 is 2.14 bits per heavy atom. The maximum Gasteiger partial charge on any atom is 0.322 e. The summed E-state index contributed by atoms with van der Waals surface area (Å²) in [6.45, 7) is 2.08. The maximum absolute atomic E-state index is 10.4. The molecule has 0 amide bonds. The smallest absolute Gasteiger partial charge is 0.322 e. The van der Waals surface area contributed by atoms with Crippen molar-refractivity contribution in [3.05, 3.63) is 29.8 Å². The molecule has 0 heterocycles. The Hall–Kier alpha value is -1.51.